The molecular weight excluding hydrogens is 494 g/mol. The third-order valence-corrected chi connectivity index (χ3v) is 7.06. The number of rotatable bonds is 7. The van der Waals surface area contributed by atoms with Gasteiger partial charge in [0.2, 0.25) is 0 Å². The normalized spacial score (nSPS) is 19.7. The first-order chi connectivity index (χ1) is 19.0. The number of aliphatic hydroxyl groups excluding tert-OH is 1. The van der Waals surface area contributed by atoms with Gasteiger partial charge in [-0.25, -0.2) is 0 Å². The summed E-state index contributed by atoms with van der Waals surface area (Å²) >= 11 is 0. The minimum absolute atomic E-state index is 0.0384. The van der Waals surface area contributed by atoms with Crippen molar-refractivity contribution in [1.29, 1.82) is 0 Å². The number of furan rings is 1. The van der Waals surface area contributed by atoms with Gasteiger partial charge in [-0.05, 0) is 66.1 Å². The van der Waals surface area contributed by atoms with E-state index < -0.39 is 17.7 Å². The number of aliphatic hydroxyl groups is 1. The molecule has 1 fully saturated rings. The van der Waals surface area contributed by atoms with Gasteiger partial charge in [0, 0.05) is 12.0 Å². The first-order valence-corrected chi connectivity index (χ1v) is 12.9. The van der Waals surface area contributed by atoms with Crippen LogP contribution in [0.5, 0.6) is 11.5 Å². The van der Waals surface area contributed by atoms with E-state index in [1.54, 1.807) is 36.4 Å². The number of hydrogen-bond donors (Lipinski definition) is 1. The molecule has 0 spiro atoms. The first-order valence-electron chi connectivity index (χ1n) is 12.9. The second-order valence-corrected chi connectivity index (χ2v) is 9.80. The zero-order chi connectivity index (χ0) is 26.9. The van der Waals surface area contributed by atoms with Crippen LogP contribution in [0.3, 0.4) is 0 Å². The maximum absolute atomic E-state index is 13.4. The van der Waals surface area contributed by atoms with Crippen LogP contribution in [0.2, 0.25) is 0 Å². The largest absolute Gasteiger partial charge is 0.507 e. The van der Waals surface area contributed by atoms with Crippen molar-refractivity contribution >= 4 is 17.4 Å². The summed E-state index contributed by atoms with van der Waals surface area (Å²) in [5.41, 5.74) is 3.18. The van der Waals surface area contributed by atoms with Gasteiger partial charge < -0.3 is 23.9 Å². The Labute approximate surface area is 225 Å². The fraction of sp³-hybridized carbons (Fsp3) is 0.188. The summed E-state index contributed by atoms with van der Waals surface area (Å²) in [5.74, 6) is 0.303. The molecule has 0 aliphatic carbocycles. The number of carbonyl (C=O) groups excluding carboxylic acids is 2. The predicted molar refractivity (Wildman–Crippen MR) is 144 cm³/mol. The molecule has 3 heterocycles. The van der Waals surface area contributed by atoms with Crippen molar-refractivity contribution in [1.82, 2.24) is 4.90 Å². The van der Waals surface area contributed by atoms with E-state index >= 15 is 0 Å². The van der Waals surface area contributed by atoms with Crippen molar-refractivity contribution in [2.45, 2.75) is 38.6 Å². The maximum Gasteiger partial charge on any atom is 0.296 e. The van der Waals surface area contributed by atoms with Gasteiger partial charge in [-0.15, -0.1) is 0 Å². The summed E-state index contributed by atoms with van der Waals surface area (Å²) in [4.78, 5) is 28.1. The third kappa shape index (κ3) is 4.79. The Morgan fingerprint density at radius 3 is 2.54 bits per heavy atom. The van der Waals surface area contributed by atoms with Gasteiger partial charge in [0.25, 0.3) is 11.7 Å². The lowest BCUT2D eigenvalue weighted by Crippen LogP contribution is -2.29. The zero-order valence-electron chi connectivity index (χ0n) is 21.4. The molecule has 1 N–H and O–H groups in total. The number of nitrogens with zero attached hydrogens (tertiary/aromatic N) is 1. The second-order valence-electron chi connectivity index (χ2n) is 9.80. The van der Waals surface area contributed by atoms with Gasteiger partial charge in [-0.3, -0.25) is 9.59 Å². The predicted octanol–water partition coefficient (Wildman–Crippen LogP) is 5.80. The Kier molecular flexibility index (Phi) is 6.40. The molecule has 0 radical (unpaired) electrons. The Hall–Kier alpha value is -4.78. The molecule has 1 aromatic heterocycles. The summed E-state index contributed by atoms with van der Waals surface area (Å²) in [5, 5.41) is 11.4. The maximum atomic E-state index is 13.4. The molecule has 2 unspecified atom stereocenters. The lowest BCUT2D eigenvalue weighted by molar-refractivity contribution is -0.140. The number of Topliss-reactive ketones (excluding diaryl/α,β-unsaturated/α-hetero) is 1. The van der Waals surface area contributed by atoms with Gasteiger partial charge in [0.15, 0.2) is 0 Å². The van der Waals surface area contributed by atoms with Crippen LogP contribution in [0.15, 0.2) is 101 Å². The lowest BCUT2D eigenvalue weighted by atomic mass is 9.94. The van der Waals surface area contributed by atoms with Crippen LogP contribution in [-0.4, -0.2) is 27.8 Å². The van der Waals surface area contributed by atoms with Crippen LogP contribution < -0.4 is 9.47 Å². The number of benzene rings is 3. The molecule has 196 valence electrons. The molecule has 2 aliphatic rings. The number of ether oxygens (including phenoxy) is 2. The van der Waals surface area contributed by atoms with Crippen molar-refractivity contribution in [2.24, 2.45) is 0 Å². The molecule has 4 aromatic rings. The molecule has 3 aromatic carbocycles. The zero-order valence-corrected chi connectivity index (χ0v) is 21.4. The summed E-state index contributed by atoms with van der Waals surface area (Å²) < 4.78 is 17.2. The van der Waals surface area contributed by atoms with Gasteiger partial charge in [-0.2, -0.15) is 0 Å². The first kappa shape index (κ1) is 24.6. The van der Waals surface area contributed by atoms with Crippen LogP contribution in [0, 0.1) is 0 Å². The van der Waals surface area contributed by atoms with Crippen molar-refractivity contribution in [3.63, 3.8) is 0 Å². The average Bonchev–Trinajstić information content (AvgIpc) is 3.67. The number of amides is 1. The molecular formula is C32H27NO6. The summed E-state index contributed by atoms with van der Waals surface area (Å²) in [6.45, 7) is 2.48. The number of fused-ring (bicyclic) bond motifs is 1. The number of ketones is 1. The topological polar surface area (TPSA) is 89.2 Å². The van der Waals surface area contributed by atoms with E-state index in [-0.39, 0.29) is 24.0 Å². The highest BCUT2D eigenvalue weighted by molar-refractivity contribution is 6.46. The number of hydrogen-bond acceptors (Lipinski definition) is 6. The molecule has 0 bridgehead atoms. The Morgan fingerprint density at radius 1 is 1.00 bits per heavy atom. The van der Waals surface area contributed by atoms with Crippen LogP contribution in [-0.2, 0) is 29.2 Å². The van der Waals surface area contributed by atoms with Crippen molar-refractivity contribution in [3.8, 4) is 11.5 Å². The Morgan fingerprint density at radius 2 is 1.79 bits per heavy atom. The van der Waals surface area contributed by atoms with E-state index in [4.69, 9.17) is 13.9 Å². The van der Waals surface area contributed by atoms with Gasteiger partial charge >= 0.3 is 0 Å². The average molecular weight is 522 g/mol. The van der Waals surface area contributed by atoms with Crippen LogP contribution >= 0.6 is 0 Å². The summed E-state index contributed by atoms with van der Waals surface area (Å²) in [7, 11) is 0. The third-order valence-electron chi connectivity index (χ3n) is 7.06. The van der Waals surface area contributed by atoms with Gasteiger partial charge in [0.1, 0.15) is 35.7 Å². The highest BCUT2D eigenvalue weighted by atomic mass is 16.5. The highest BCUT2D eigenvalue weighted by Gasteiger charge is 2.46. The molecule has 1 amide bonds. The molecule has 1 saturated heterocycles. The minimum Gasteiger partial charge on any atom is -0.507 e. The van der Waals surface area contributed by atoms with Gasteiger partial charge in [-0.1, -0.05) is 42.5 Å². The molecule has 39 heavy (non-hydrogen) atoms. The molecule has 2 atom stereocenters. The highest BCUT2D eigenvalue weighted by Crippen LogP contribution is 2.41. The minimum atomic E-state index is -0.804. The Bertz CT molecular complexity index is 1540. The Balaban J connectivity index is 1.36. The molecule has 0 saturated carbocycles. The summed E-state index contributed by atoms with van der Waals surface area (Å²) in [6, 6.07) is 25.1. The van der Waals surface area contributed by atoms with Crippen LogP contribution in [0.1, 0.15) is 41.0 Å². The smallest absolute Gasteiger partial charge is 0.296 e. The number of likely N-dealkylation sites (tertiary alicyclic amines) is 1. The SMILES string of the molecule is CC1Cc2cc(C(O)=C3C(=O)C(=O)N(Cc4ccco4)C3c3ccc(OCc4ccccc4)cc3)ccc2O1. The van der Waals surface area contributed by atoms with E-state index in [9.17, 15) is 14.7 Å². The fourth-order valence-corrected chi connectivity index (χ4v) is 5.17. The molecule has 7 nitrogen and oxygen atoms in total. The van der Waals surface area contributed by atoms with E-state index in [0.29, 0.717) is 35.7 Å². The monoisotopic (exact) mass is 521 g/mol. The second kappa shape index (κ2) is 10.2. The fourth-order valence-electron chi connectivity index (χ4n) is 5.17. The quantitative estimate of drug-likeness (QED) is 0.188. The van der Waals surface area contributed by atoms with Crippen molar-refractivity contribution in [2.75, 3.05) is 0 Å². The standard InChI is InChI=1S/C32H27NO6/c1-20-16-24-17-23(11-14-27(24)39-20)30(34)28-29(33(32(36)31(28)35)18-26-8-5-15-37-26)22-9-12-25(13-10-22)38-19-21-6-3-2-4-7-21/h2-15,17,20,29,34H,16,18-19H2,1H3. The summed E-state index contributed by atoms with van der Waals surface area (Å²) in [6.07, 6.45) is 2.27. The molecule has 7 heteroatoms. The molecule has 2 aliphatic heterocycles. The van der Waals surface area contributed by atoms with E-state index in [2.05, 4.69) is 0 Å². The van der Waals surface area contributed by atoms with Crippen LogP contribution in [0.4, 0.5) is 0 Å². The molecule has 6 rings (SSSR count). The van der Waals surface area contributed by atoms with Crippen molar-refractivity contribution in [3.05, 3.63) is 125 Å². The van der Waals surface area contributed by atoms with E-state index in [0.717, 1.165) is 16.9 Å². The van der Waals surface area contributed by atoms with E-state index in [1.165, 1.54) is 11.2 Å². The van der Waals surface area contributed by atoms with Gasteiger partial charge in [0.05, 0.1) is 24.4 Å². The van der Waals surface area contributed by atoms with E-state index in [1.807, 2.05) is 55.5 Å². The lowest BCUT2D eigenvalue weighted by Gasteiger charge is -2.24. The number of carbonyl (C=O) groups is 2. The van der Waals surface area contributed by atoms with Crippen LogP contribution in [0.25, 0.3) is 5.76 Å². The van der Waals surface area contributed by atoms with Crippen molar-refractivity contribution < 1.29 is 28.6 Å².